The summed E-state index contributed by atoms with van der Waals surface area (Å²) in [5, 5.41) is 23.7. The molecule has 0 saturated heterocycles. The Balaban J connectivity index is 1.60. The highest BCUT2D eigenvalue weighted by atomic mass is 16.3. The van der Waals surface area contributed by atoms with Crippen molar-refractivity contribution in [3.8, 4) is 33.8 Å². The van der Waals surface area contributed by atoms with Crippen LogP contribution in [0.1, 0.15) is 39.5 Å². The molecule has 0 saturated carbocycles. The van der Waals surface area contributed by atoms with Crippen LogP contribution in [0, 0.1) is 5.92 Å². The summed E-state index contributed by atoms with van der Waals surface area (Å²) in [6.07, 6.45) is 3.67. The van der Waals surface area contributed by atoms with Crippen LogP contribution in [0.2, 0.25) is 0 Å². The standard InChI is InChI=1S/C40H33NO6/c1-3-5-12-22(4-2)21-41-39(46)29-19-27-28(20-30(29)40(41)47)36(43)34-33(35(27)42)37(44)31-25(23-13-8-6-9-14-23)17-18-26(32(31)38(34)45)24-15-10-7-11-16-24/h6-11,13-20,22,44-45H,3-5,12,21H2,1-2H3. The van der Waals surface area contributed by atoms with E-state index < -0.39 is 33.5 Å². The molecule has 0 bridgehead atoms. The van der Waals surface area contributed by atoms with Crippen LogP contribution in [0.15, 0.2) is 104 Å². The van der Waals surface area contributed by atoms with Gasteiger partial charge in [-0.05, 0) is 46.7 Å². The van der Waals surface area contributed by atoms with Crippen LogP contribution in [-0.2, 0) is 6.54 Å². The van der Waals surface area contributed by atoms with Gasteiger partial charge in [0, 0.05) is 28.1 Å². The summed E-state index contributed by atoms with van der Waals surface area (Å²) in [5.74, 6) is -0.724. The maximum absolute atomic E-state index is 14.3. The van der Waals surface area contributed by atoms with E-state index in [9.17, 15) is 29.4 Å². The number of rotatable bonds is 8. The first-order valence-corrected chi connectivity index (χ1v) is 16.1. The fraction of sp³-hybridized carbons (Fsp3) is 0.200. The molecule has 2 N–H and O–H groups in total. The quantitative estimate of drug-likeness (QED) is 0.135. The van der Waals surface area contributed by atoms with Gasteiger partial charge in [-0.15, -0.1) is 0 Å². The molecular weight excluding hydrogens is 590 g/mol. The minimum Gasteiger partial charge on any atom is -0.506 e. The van der Waals surface area contributed by atoms with E-state index in [1.54, 1.807) is 0 Å². The van der Waals surface area contributed by atoms with Crippen molar-refractivity contribution in [2.75, 3.05) is 0 Å². The SMILES string of the molecule is CCCCC(CC)Cn1c(=O)c2cc3c(=O)c4c(O)c5c(-c6ccccc6)ccc(-c6ccccc6)c5c(O)c4c(=O)c3cc2c1=O. The maximum atomic E-state index is 14.3. The molecule has 1 unspecified atom stereocenters. The number of fused-ring (bicyclic) bond motifs is 4. The second-order valence-electron chi connectivity index (χ2n) is 12.3. The lowest BCUT2D eigenvalue weighted by molar-refractivity contribution is 0.384. The number of nitrogens with zero attached hydrogens (tertiary/aromatic N) is 1. The Labute approximate surface area is 269 Å². The van der Waals surface area contributed by atoms with Gasteiger partial charge in [0.05, 0.1) is 21.5 Å². The Kier molecular flexibility index (Phi) is 7.47. The van der Waals surface area contributed by atoms with E-state index in [1.807, 2.05) is 79.7 Å². The zero-order chi connectivity index (χ0) is 33.0. The van der Waals surface area contributed by atoms with Crippen molar-refractivity contribution in [2.45, 2.75) is 46.1 Å². The molecule has 0 aliphatic heterocycles. The molecule has 1 atom stereocenters. The number of benzene rings is 6. The van der Waals surface area contributed by atoms with Crippen molar-refractivity contribution >= 4 is 43.1 Å². The average molecular weight is 624 g/mol. The molecule has 0 aliphatic rings. The van der Waals surface area contributed by atoms with Gasteiger partial charge in [-0.25, -0.2) is 0 Å². The molecule has 1 aromatic heterocycles. The topological polar surface area (TPSA) is 114 Å². The van der Waals surface area contributed by atoms with Crippen molar-refractivity contribution in [3.63, 3.8) is 0 Å². The smallest absolute Gasteiger partial charge is 0.261 e. The van der Waals surface area contributed by atoms with Gasteiger partial charge in [0.15, 0.2) is 10.9 Å². The highest BCUT2D eigenvalue weighted by molar-refractivity contribution is 6.21. The predicted octanol–water partition coefficient (Wildman–Crippen LogP) is 7.38. The Morgan fingerprint density at radius 3 is 1.45 bits per heavy atom. The summed E-state index contributed by atoms with van der Waals surface area (Å²) in [5.41, 5.74) is 0.216. The first kappa shape index (κ1) is 30.1. The van der Waals surface area contributed by atoms with E-state index in [-0.39, 0.29) is 55.6 Å². The van der Waals surface area contributed by atoms with Gasteiger partial charge in [-0.3, -0.25) is 23.7 Å². The lowest BCUT2D eigenvalue weighted by Crippen LogP contribution is -2.28. The Hall–Kier alpha value is -5.56. The van der Waals surface area contributed by atoms with E-state index in [4.69, 9.17) is 0 Å². The average Bonchev–Trinajstić information content (AvgIpc) is 3.33. The fourth-order valence-electron chi connectivity index (χ4n) is 7.06. The van der Waals surface area contributed by atoms with E-state index >= 15 is 0 Å². The summed E-state index contributed by atoms with van der Waals surface area (Å²) in [7, 11) is 0. The van der Waals surface area contributed by atoms with E-state index in [0.717, 1.165) is 36.8 Å². The summed E-state index contributed by atoms with van der Waals surface area (Å²) < 4.78 is 1.21. The second kappa shape index (κ2) is 11.7. The van der Waals surface area contributed by atoms with E-state index in [1.165, 1.54) is 16.7 Å². The van der Waals surface area contributed by atoms with Crippen molar-refractivity contribution in [2.24, 2.45) is 5.92 Å². The lowest BCUT2D eigenvalue weighted by atomic mass is 9.87. The van der Waals surface area contributed by atoms with Crippen molar-refractivity contribution < 1.29 is 10.2 Å². The van der Waals surface area contributed by atoms with Crippen LogP contribution in [0.25, 0.3) is 65.3 Å². The van der Waals surface area contributed by atoms with Crippen LogP contribution in [0.4, 0.5) is 0 Å². The largest absolute Gasteiger partial charge is 0.506 e. The minimum absolute atomic E-state index is 0.0598. The lowest BCUT2D eigenvalue weighted by Gasteiger charge is -2.17. The third kappa shape index (κ3) is 4.64. The molecule has 7 aromatic rings. The number of phenolic OH excluding ortho intramolecular Hbond substituents is 2. The Morgan fingerprint density at radius 1 is 0.596 bits per heavy atom. The fourth-order valence-corrected chi connectivity index (χ4v) is 7.06. The van der Waals surface area contributed by atoms with Gasteiger partial charge in [0.25, 0.3) is 11.1 Å². The van der Waals surface area contributed by atoms with Gasteiger partial charge in [0.2, 0.25) is 0 Å². The number of hydrogen-bond acceptors (Lipinski definition) is 6. The third-order valence-electron chi connectivity index (χ3n) is 9.61. The maximum Gasteiger partial charge on any atom is 0.261 e. The molecule has 234 valence electrons. The molecule has 7 nitrogen and oxygen atoms in total. The van der Waals surface area contributed by atoms with Crippen LogP contribution in [0.3, 0.4) is 0 Å². The van der Waals surface area contributed by atoms with E-state index in [2.05, 4.69) is 6.92 Å². The molecule has 0 radical (unpaired) electrons. The van der Waals surface area contributed by atoms with Crippen LogP contribution < -0.4 is 22.0 Å². The number of unbranched alkanes of at least 4 members (excludes halogenated alkanes) is 1. The second-order valence-corrected chi connectivity index (χ2v) is 12.3. The van der Waals surface area contributed by atoms with Crippen molar-refractivity contribution in [1.29, 1.82) is 0 Å². The number of aromatic hydroxyl groups is 2. The van der Waals surface area contributed by atoms with Gasteiger partial charge < -0.3 is 10.2 Å². The summed E-state index contributed by atoms with van der Waals surface area (Å²) >= 11 is 0. The van der Waals surface area contributed by atoms with Crippen LogP contribution >= 0.6 is 0 Å². The summed E-state index contributed by atoms with van der Waals surface area (Å²) in [6, 6.07) is 24.8. The Bertz CT molecular complexity index is 2390. The summed E-state index contributed by atoms with van der Waals surface area (Å²) in [6.45, 7) is 4.38. The van der Waals surface area contributed by atoms with Crippen LogP contribution in [-0.4, -0.2) is 14.8 Å². The first-order valence-electron chi connectivity index (χ1n) is 16.1. The van der Waals surface area contributed by atoms with Crippen LogP contribution in [0.5, 0.6) is 11.5 Å². The highest BCUT2D eigenvalue weighted by Gasteiger charge is 2.27. The van der Waals surface area contributed by atoms with Gasteiger partial charge in [0.1, 0.15) is 11.5 Å². The van der Waals surface area contributed by atoms with Crippen molar-refractivity contribution in [1.82, 2.24) is 4.57 Å². The molecule has 0 fully saturated rings. The third-order valence-corrected chi connectivity index (χ3v) is 9.61. The first-order chi connectivity index (χ1) is 22.8. The summed E-state index contributed by atoms with van der Waals surface area (Å²) in [4.78, 5) is 55.6. The molecule has 1 heterocycles. The van der Waals surface area contributed by atoms with Gasteiger partial charge >= 0.3 is 0 Å². The molecule has 6 aromatic carbocycles. The molecule has 0 aliphatic carbocycles. The molecule has 47 heavy (non-hydrogen) atoms. The molecule has 0 spiro atoms. The molecule has 7 heteroatoms. The van der Waals surface area contributed by atoms with Crippen molar-refractivity contribution in [3.05, 3.63) is 126 Å². The van der Waals surface area contributed by atoms with Gasteiger partial charge in [-0.2, -0.15) is 0 Å². The minimum atomic E-state index is -0.704. The number of hydrogen-bond donors (Lipinski definition) is 2. The Morgan fingerprint density at radius 2 is 1.04 bits per heavy atom. The normalized spacial score (nSPS) is 12.5. The van der Waals surface area contributed by atoms with Gasteiger partial charge in [-0.1, -0.05) is 106 Å². The zero-order valence-corrected chi connectivity index (χ0v) is 26.2. The monoisotopic (exact) mass is 623 g/mol. The predicted molar refractivity (Wildman–Crippen MR) is 189 cm³/mol. The van der Waals surface area contributed by atoms with E-state index in [0.29, 0.717) is 11.1 Å². The molecule has 0 amide bonds. The molecular formula is C40H33NO6. The molecule has 7 rings (SSSR count). The highest BCUT2D eigenvalue weighted by Crippen LogP contribution is 2.48. The number of aromatic nitrogens is 1. The zero-order valence-electron chi connectivity index (χ0n) is 26.2. The number of phenols is 2.